The summed E-state index contributed by atoms with van der Waals surface area (Å²) in [5, 5.41) is 21.0. The van der Waals surface area contributed by atoms with Crippen molar-refractivity contribution in [3.8, 4) is 6.07 Å². The predicted molar refractivity (Wildman–Crippen MR) is 75.4 cm³/mol. The number of benzene rings is 1. The van der Waals surface area contributed by atoms with Crippen LogP contribution in [0.5, 0.6) is 0 Å². The molecule has 0 N–H and O–H groups in total. The van der Waals surface area contributed by atoms with E-state index in [-0.39, 0.29) is 17.2 Å². The summed E-state index contributed by atoms with van der Waals surface area (Å²) in [6, 6.07) is 3.61. The second-order valence-corrected chi connectivity index (χ2v) is 5.34. The van der Waals surface area contributed by atoms with Gasteiger partial charge in [0.25, 0.3) is 5.69 Å². The molecule has 0 saturated carbocycles. The maximum absolute atomic E-state index is 11.2. The molecule has 1 rings (SSSR count). The van der Waals surface area contributed by atoms with Crippen LogP contribution in [0.1, 0.15) is 43.9 Å². The minimum atomic E-state index is -0.469. The zero-order chi connectivity index (χ0) is 14.6. The fraction of sp³-hybridized carbons (Fsp3) is 0.500. The van der Waals surface area contributed by atoms with Gasteiger partial charge in [-0.1, -0.05) is 38.8 Å². The third-order valence-electron chi connectivity index (χ3n) is 2.86. The van der Waals surface area contributed by atoms with E-state index in [1.165, 1.54) is 0 Å². The van der Waals surface area contributed by atoms with Gasteiger partial charge in [-0.15, -0.1) is 0 Å². The van der Waals surface area contributed by atoms with E-state index in [1.54, 1.807) is 6.07 Å². The number of nitriles is 1. The molecule has 0 atom stereocenters. The number of hydrogen-bond acceptors (Lipinski definition) is 3. The summed E-state index contributed by atoms with van der Waals surface area (Å²) >= 11 is 6.20. The molecule has 0 heterocycles. The van der Waals surface area contributed by atoms with E-state index in [2.05, 4.69) is 0 Å². The third kappa shape index (κ3) is 3.45. The average Bonchev–Trinajstić information content (AvgIpc) is 2.31. The first kappa shape index (κ1) is 15.5. The van der Waals surface area contributed by atoms with Crippen LogP contribution in [0.25, 0.3) is 0 Å². The van der Waals surface area contributed by atoms with Gasteiger partial charge in [0.2, 0.25) is 0 Å². The van der Waals surface area contributed by atoms with Gasteiger partial charge >= 0.3 is 0 Å². The number of nitrogens with zero attached hydrogens (tertiary/aromatic N) is 2. The first-order valence-corrected chi connectivity index (χ1v) is 6.68. The van der Waals surface area contributed by atoms with E-state index < -0.39 is 4.92 Å². The van der Waals surface area contributed by atoms with Crippen molar-refractivity contribution in [3.63, 3.8) is 0 Å². The van der Waals surface area contributed by atoms with Gasteiger partial charge in [0.1, 0.15) is 11.6 Å². The minimum absolute atomic E-state index is 0.0793. The summed E-state index contributed by atoms with van der Waals surface area (Å²) < 4.78 is 0. The summed E-state index contributed by atoms with van der Waals surface area (Å²) in [7, 11) is 0. The van der Waals surface area contributed by atoms with Crippen LogP contribution in [0.4, 0.5) is 5.69 Å². The Morgan fingerprint density at radius 2 is 2.16 bits per heavy atom. The Balaban J connectivity index is 3.56. The maximum atomic E-state index is 11.2. The van der Waals surface area contributed by atoms with Crippen molar-refractivity contribution < 1.29 is 4.92 Å². The lowest BCUT2D eigenvalue weighted by Gasteiger charge is -2.12. The van der Waals surface area contributed by atoms with Crippen molar-refractivity contribution in [3.05, 3.63) is 37.9 Å². The summed E-state index contributed by atoms with van der Waals surface area (Å²) in [5.74, 6) is 0.279. The molecule has 0 fully saturated rings. The highest BCUT2D eigenvalue weighted by Crippen LogP contribution is 2.34. The number of hydrogen-bond donors (Lipinski definition) is 0. The number of nitro groups is 1. The zero-order valence-electron chi connectivity index (χ0n) is 11.4. The quantitative estimate of drug-likeness (QED) is 0.597. The largest absolute Gasteiger partial charge is 0.290 e. The molecule has 4 nitrogen and oxygen atoms in total. The number of nitro benzene ring substituents is 1. The van der Waals surface area contributed by atoms with Crippen LogP contribution in [-0.2, 0) is 12.8 Å². The first-order chi connectivity index (χ1) is 8.92. The molecule has 0 aliphatic rings. The van der Waals surface area contributed by atoms with Gasteiger partial charge in [-0.25, -0.2) is 0 Å². The number of rotatable bonds is 5. The van der Waals surface area contributed by atoms with Gasteiger partial charge in [0.15, 0.2) is 0 Å². The highest BCUT2D eigenvalue weighted by Gasteiger charge is 2.25. The van der Waals surface area contributed by atoms with Crippen LogP contribution in [-0.4, -0.2) is 4.92 Å². The molecule has 19 heavy (non-hydrogen) atoms. The van der Waals surface area contributed by atoms with Gasteiger partial charge in [0, 0.05) is 10.6 Å². The second kappa shape index (κ2) is 6.53. The van der Waals surface area contributed by atoms with Crippen molar-refractivity contribution in [2.45, 2.75) is 40.0 Å². The topological polar surface area (TPSA) is 66.9 Å². The van der Waals surface area contributed by atoms with E-state index in [9.17, 15) is 15.4 Å². The molecule has 102 valence electrons. The Hall–Kier alpha value is -1.60. The molecule has 0 unspecified atom stereocenters. The van der Waals surface area contributed by atoms with Crippen molar-refractivity contribution in [1.82, 2.24) is 0 Å². The molecule has 0 radical (unpaired) electrons. The SMILES string of the molecule is CCCc1cc(Cl)c(CC(C)C)c(C#N)c1[N+](=O)[O-]. The van der Waals surface area contributed by atoms with Crippen molar-refractivity contribution in [2.24, 2.45) is 5.92 Å². The molecule has 0 spiro atoms. The Kier molecular flexibility index (Phi) is 5.31. The summed E-state index contributed by atoms with van der Waals surface area (Å²) in [6.45, 7) is 5.91. The molecule has 0 aliphatic carbocycles. The lowest BCUT2D eigenvalue weighted by molar-refractivity contribution is -0.385. The van der Waals surface area contributed by atoms with Gasteiger partial charge in [-0.05, 0) is 30.4 Å². The summed E-state index contributed by atoms with van der Waals surface area (Å²) in [5.41, 5.74) is 1.17. The smallest absolute Gasteiger partial charge is 0.258 e. The van der Waals surface area contributed by atoms with Gasteiger partial charge in [-0.2, -0.15) is 5.26 Å². The van der Waals surface area contributed by atoms with Crippen LogP contribution in [0, 0.1) is 27.4 Å². The molecule has 0 aliphatic heterocycles. The van der Waals surface area contributed by atoms with Crippen LogP contribution >= 0.6 is 11.6 Å². The Morgan fingerprint density at radius 3 is 2.58 bits per heavy atom. The Morgan fingerprint density at radius 1 is 1.53 bits per heavy atom. The van der Waals surface area contributed by atoms with Crippen LogP contribution in [0.3, 0.4) is 0 Å². The number of aryl methyl sites for hydroxylation is 1. The predicted octanol–water partition coefficient (Wildman–Crippen LogP) is 4.27. The molecule has 1 aromatic rings. The fourth-order valence-corrected chi connectivity index (χ4v) is 2.43. The lowest BCUT2D eigenvalue weighted by Crippen LogP contribution is -2.06. The molecular formula is C14H17ClN2O2. The Bertz CT molecular complexity index is 533. The number of halogens is 1. The maximum Gasteiger partial charge on any atom is 0.290 e. The molecule has 0 bridgehead atoms. The van der Waals surface area contributed by atoms with Crippen LogP contribution < -0.4 is 0 Å². The van der Waals surface area contributed by atoms with Crippen molar-refractivity contribution in [1.29, 1.82) is 5.26 Å². The van der Waals surface area contributed by atoms with Crippen molar-refractivity contribution in [2.75, 3.05) is 0 Å². The molecule has 1 aromatic carbocycles. The third-order valence-corrected chi connectivity index (χ3v) is 3.20. The van der Waals surface area contributed by atoms with E-state index >= 15 is 0 Å². The minimum Gasteiger partial charge on any atom is -0.258 e. The van der Waals surface area contributed by atoms with E-state index in [1.807, 2.05) is 26.8 Å². The average molecular weight is 281 g/mol. The van der Waals surface area contributed by atoms with Crippen LogP contribution in [0.15, 0.2) is 6.07 Å². The molecule has 0 aromatic heterocycles. The van der Waals surface area contributed by atoms with E-state index in [4.69, 9.17) is 11.6 Å². The lowest BCUT2D eigenvalue weighted by atomic mass is 9.93. The normalized spacial score (nSPS) is 10.5. The first-order valence-electron chi connectivity index (χ1n) is 6.31. The van der Waals surface area contributed by atoms with Gasteiger partial charge < -0.3 is 0 Å². The molecular weight excluding hydrogens is 264 g/mol. The van der Waals surface area contributed by atoms with Crippen LogP contribution in [0.2, 0.25) is 5.02 Å². The standard InChI is InChI=1S/C14H17ClN2O2/c1-4-5-10-7-13(15)11(6-9(2)3)12(8-16)14(10)17(18)19/h7,9H,4-6H2,1-3H3. The fourth-order valence-electron chi connectivity index (χ4n) is 2.13. The molecule has 0 amide bonds. The molecule has 0 saturated heterocycles. The second-order valence-electron chi connectivity index (χ2n) is 4.94. The van der Waals surface area contributed by atoms with E-state index in [0.717, 1.165) is 6.42 Å². The Labute approximate surface area is 118 Å². The molecule has 5 heteroatoms. The van der Waals surface area contributed by atoms with Gasteiger partial charge in [-0.3, -0.25) is 10.1 Å². The van der Waals surface area contributed by atoms with E-state index in [0.29, 0.717) is 29.0 Å². The van der Waals surface area contributed by atoms with Crippen molar-refractivity contribution >= 4 is 17.3 Å². The van der Waals surface area contributed by atoms with Gasteiger partial charge in [0.05, 0.1) is 4.92 Å². The monoisotopic (exact) mass is 280 g/mol. The highest BCUT2D eigenvalue weighted by molar-refractivity contribution is 6.31. The summed E-state index contributed by atoms with van der Waals surface area (Å²) in [4.78, 5) is 10.8. The summed E-state index contributed by atoms with van der Waals surface area (Å²) in [6.07, 6.45) is 1.88. The highest BCUT2D eigenvalue weighted by atomic mass is 35.5. The zero-order valence-corrected chi connectivity index (χ0v) is 12.1.